The van der Waals surface area contributed by atoms with E-state index < -0.39 is 0 Å². The number of unbranched alkanes of at least 4 members (excludes halogenated alkanes) is 2. The molecule has 6 nitrogen and oxygen atoms in total. The Kier molecular flexibility index (Phi) is 9.13. The number of hydrogen-bond acceptors (Lipinski definition) is 4. The summed E-state index contributed by atoms with van der Waals surface area (Å²) in [5.41, 5.74) is 3.01. The molecule has 0 atom stereocenters. The summed E-state index contributed by atoms with van der Waals surface area (Å²) in [5.74, 6) is 5.27. The van der Waals surface area contributed by atoms with Gasteiger partial charge in [0, 0.05) is 31.2 Å². The minimum absolute atomic E-state index is 0.130. The Balaban J connectivity index is 2.27. The molecule has 0 heterocycles. The van der Waals surface area contributed by atoms with Gasteiger partial charge in [0.05, 0.1) is 0 Å². The fraction of sp³-hybridized carbons (Fsp3) is 0.412. The molecule has 124 valence electrons. The number of hydrogen-bond donors (Lipinski definition) is 3. The third-order valence-corrected chi connectivity index (χ3v) is 3.09. The van der Waals surface area contributed by atoms with Crippen LogP contribution in [0.4, 0.5) is 0 Å². The van der Waals surface area contributed by atoms with E-state index in [0.717, 1.165) is 18.4 Å². The topological polar surface area (TPSA) is 87.7 Å². The van der Waals surface area contributed by atoms with E-state index in [1.54, 1.807) is 36.9 Å². The smallest absolute Gasteiger partial charge is 0.251 e. The molecule has 0 saturated heterocycles. The molecule has 0 bridgehead atoms. The molecule has 0 fully saturated rings. The van der Waals surface area contributed by atoms with E-state index in [1.165, 1.54) is 0 Å². The maximum absolute atomic E-state index is 11.9. The number of rotatable bonds is 8. The second-order valence-corrected chi connectivity index (χ2v) is 4.91. The Morgan fingerprint density at radius 3 is 2.57 bits per heavy atom. The molecule has 0 aromatic heterocycles. The van der Waals surface area contributed by atoms with E-state index in [1.807, 2.05) is 0 Å². The summed E-state index contributed by atoms with van der Waals surface area (Å²) in [5, 5.41) is 11.2. The van der Waals surface area contributed by atoms with Crippen LogP contribution in [0.1, 0.15) is 41.6 Å². The molecule has 1 aromatic rings. The molecule has 0 aliphatic heterocycles. The Morgan fingerprint density at radius 1 is 1.17 bits per heavy atom. The summed E-state index contributed by atoms with van der Waals surface area (Å²) in [4.78, 5) is 22.7. The van der Waals surface area contributed by atoms with Crippen molar-refractivity contribution in [2.24, 2.45) is 0 Å². The molecule has 3 N–H and O–H groups in total. The van der Waals surface area contributed by atoms with Crippen molar-refractivity contribution in [3.63, 3.8) is 0 Å². The summed E-state index contributed by atoms with van der Waals surface area (Å²) in [7, 11) is 1.59. The quantitative estimate of drug-likeness (QED) is 0.293. The summed E-state index contributed by atoms with van der Waals surface area (Å²) >= 11 is 0. The van der Waals surface area contributed by atoms with E-state index >= 15 is 0 Å². The summed E-state index contributed by atoms with van der Waals surface area (Å²) in [6, 6.07) is 7.06. The van der Waals surface area contributed by atoms with Crippen LogP contribution in [-0.2, 0) is 9.53 Å². The van der Waals surface area contributed by atoms with Crippen LogP contribution in [0.3, 0.4) is 0 Å². The molecule has 0 saturated carbocycles. The van der Waals surface area contributed by atoms with E-state index in [2.05, 4.69) is 17.2 Å². The first-order valence-electron chi connectivity index (χ1n) is 7.46. The standard InChI is InChI=1S/C17H22N2O4/c1-23-13-5-6-14-8-10-15(11-9-14)17(21)18-12-4-2-3-7-16(20)19-22/h8-11,22H,2-4,7,12-13H2,1H3,(H,18,21)(H,19,20). The molecular formula is C17H22N2O4. The van der Waals surface area contributed by atoms with Crippen molar-refractivity contribution in [1.29, 1.82) is 0 Å². The van der Waals surface area contributed by atoms with Crippen LogP contribution in [0, 0.1) is 11.8 Å². The minimum Gasteiger partial charge on any atom is -0.372 e. The molecule has 0 aliphatic carbocycles. The average Bonchev–Trinajstić information content (AvgIpc) is 2.58. The Hall–Kier alpha value is -2.36. The molecule has 0 unspecified atom stereocenters. The van der Waals surface area contributed by atoms with E-state index in [9.17, 15) is 9.59 Å². The lowest BCUT2D eigenvalue weighted by Gasteiger charge is -2.05. The summed E-state index contributed by atoms with van der Waals surface area (Å²) in [6.45, 7) is 0.928. The van der Waals surface area contributed by atoms with Crippen molar-refractivity contribution < 1.29 is 19.5 Å². The molecule has 0 radical (unpaired) electrons. The van der Waals surface area contributed by atoms with Gasteiger partial charge in [-0.25, -0.2) is 5.48 Å². The maximum Gasteiger partial charge on any atom is 0.251 e. The number of carbonyl (C=O) groups excluding carboxylic acids is 2. The van der Waals surface area contributed by atoms with Crippen molar-refractivity contribution in [1.82, 2.24) is 10.8 Å². The number of hydroxylamine groups is 1. The number of methoxy groups -OCH3 is 1. The first kappa shape index (κ1) is 18.7. The van der Waals surface area contributed by atoms with Crippen molar-refractivity contribution in [3.05, 3.63) is 35.4 Å². The van der Waals surface area contributed by atoms with Crippen LogP contribution in [0.2, 0.25) is 0 Å². The van der Waals surface area contributed by atoms with Gasteiger partial charge in [0.15, 0.2) is 0 Å². The molecule has 0 spiro atoms. The molecule has 1 aromatic carbocycles. The Labute approximate surface area is 136 Å². The highest BCUT2D eigenvalue weighted by molar-refractivity contribution is 5.94. The van der Waals surface area contributed by atoms with Gasteiger partial charge in [-0.1, -0.05) is 18.3 Å². The highest BCUT2D eigenvalue weighted by Crippen LogP contribution is 2.04. The van der Waals surface area contributed by atoms with Crippen LogP contribution in [0.25, 0.3) is 0 Å². The lowest BCUT2D eigenvalue weighted by atomic mass is 10.1. The fourth-order valence-corrected chi connectivity index (χ4v) is 1.86. The largest absolute Gasteiger partial charge is 0.372 e. The van der Waals surface area contributed by atoms with Crippen LogP contribution < -0.4 is 10.8 Å². The summed E-state index contributed by atoms with van der Waals surface area (Å²) in [6.07, 6.45) is 2.56. The Morgan fingerprint density at radius 2 is 1.91 bits per heavy atom. The van der Waals surface area contributed by atoms with Gasteiger partial charge < -0.3 is 10.1 Å². The zero-order valence-electron chi connectivity index (χ0n) is 13.2. The van der Waals surface area contributed by atoms with Gasteiger partial charge in [-0.05, 0) is 37.1 Å². The molecular weight excluding hydrogens is 296 g/mol. The molecule has 2 amide bonds. The normalized spacial score (nSPS) is 9.65. The number of benzene rings is 1. The van der Waals surface area contributed by atoms with E-state index in [0.29, 0.717) is 25.1 Å². The molecule has 1 rings (SSSR count). The van der Waals surface area contributed by atoms with Gasteiger partial charge in [-0.15, -0.1) is 0 Å². The number of ether oxygens (including phenoxy) is 1. The van der Waals surface area contributed by atoms with E-state index in [4.69, 9.17) is 9.94 Å². The van der Waals surface area contributed by atoms with Crippen molar-refractivity contribution in [2.75, 3.05) is 20.3 Å². The summed E-state index contributed by atoms with van der Waals surface area (Å²) < 4.78 is 4.84. The zero-order chi connectivity index (χ0) is 16.9. The van der Waals surface area contributed by atoms with Crippen LogP contribution in [-0.4, -0.2) is 37.3 Å². The minimum atomic E-state index is -0.386. The van der Waals surface area contributed by atoms with Crippen LogP contribution >= 0.6 is 0 Å². The molecule has 6 heteroatoms. The molecule has 23 heavy (non-hydrogen) atoms. The predicted molar refractivity (Wildman–Crippen MR) is 85.9 cm³/mol. The average molecular weight is 318 g/mol. The van der Waals surface area contributed by atoms with Gasteiger partial charge in [-0.3, -0.25) is 14.8 Å². The lowest BCUT2D eigenvalue weighted by molar-refractivity contribution is -0.129. The van der Waals surface area contributed by atoms with Crippen molar-refractivity contribution in [3.8, 4) is 11.8 Å². The second kappa shape index (κ2) is 11.2. The third-order valence-electron chi connectivity index (χ3n) is 3.09. The second-order valence-electron chi connectivity index (χ2n) is 4.91. The number of amides is 2. The number of nitrogens with one attached hydrogen (secondary N) is 2. The highest BCUT2D eigenvalue weighted by atomic mass is 16.5. The van der Waals surface area contributed by atoms with Gasteiger partial charge in [-0.2, -0.15) is 0 Å². The number of carbonyl (C=O) groups is 2. The van der Waals surface area contributed by atoms with Gasteiger partial charge in [0.1, 0.15) is 6.61 Å². The zero-order valence-corrected chi connectivity index (χ0v) is 13.2. The van der Waals surface area contributed by atoms with Crippen molar-refractivity contribution in [2.45, 2.75) is 25.7 Å². The first-order chi connectivity index (χ1) is 11.2. The maximum atomic E-state index is 11.9. The lowest BCUT2D eigenvalue weighted by Crippen LogP contribution is -2.24. The van der Waals surface area contributed by atoms with Gasteiger partial charge in [0.25, 0.3) is 5.91 Å². The van der Waals surface area contributed by atoms with Gasteiger partial charge in [0.2, 0.25) is 5.91 Å². The Bertz CT molecular complexity index is 558. The fourth-order valence-electron chi connectivity index (χ4n) is 1.86. The monoisotopic (exact) mass is 318 g/mol. The van der Waals surface area contributed by atoms with Crippen LogP contribution in [0.15, 0.2) is 24.3 Å². The molecule has 0 aliphatic rings. The van der Waals surface area contributed by atoms with E-state index in [-0.39, 0.29) is 18.2 Å². The van der Waals surface area contributed by atoms with Crippen LogP contribution in [0.5, 0.6) is 0 Å². The van der Waals surface area contributed by atoms with Crippen molar-refractivity contribution >= 4 is 11.8 Å². The third kappa shape index (κ3) is 8.00. The SMILES string of the molecule is COCC#Cc1ccc(C(=O)NCCCCCC(=O)NO)cc1. The van der Waals surface area contributed by atoms with Gasteiger partial charge >= 0.3 is 0 Å². The first-order valence-corrected chi connectivity index (χ1v) is 7.46. The predicted octanol–water partition coefficient (Wildman–Crippen LogP) is 1.48. The highest BCUT2D eigenvalue weighted by Gasteiger charge is 2.04.